The van der Waals surface area contributed by atoms with Crippen LogP contribution in [0.15, 0.2) is 18.2 Å². The van der Waals surface area contributed by atoms with Gasteiger partial charge in [-0.2, -0.15) is 0 Å². The van der Waals surface area contributed by atoms with Crippen LogP contribution in [0, 0.1) is 11.6 Å². The number of nitrogens with zero attached hydrogens (tertiary/aromatic N) is 1. The zero-order valence-corrected chi connectivity index (χ0v) is 10.4. The lowest BCUT2D eigenvalue weighted by molar-refractivity contribution is 0.153. The molecule has 0 radical (unpaired) electrons. The van der Waals surface area contributed by atoms with E-state index in [1.807, 2.05) is 0 Å². The van der Waals surface area contributed by atoms with E-state index in [4.69, 9.17) is 11.6 Å². The average Bonchev–Trinajstić information content (AvgIpc) is 2.33. The first-order chi connectivity index (χ1) is 8.20. The van der Waals surface area contributed by atoms with Crippen molar-refractivity contribution in [3.63, 3.8) is 0 Å². The molecule has 1 aliphatic heterocycles. The minimum Gasteiger partial charge on any atom is -0.295 e. The maximum Gasteiger partial charge on any atom is 0.130 e. The van der Waals surface area contributed by atoms with Crippen molar-refractivity contribution < 1.29 is 8.78 Å². The molecule has 94 valence electrons. The van der Waals surface area contributed by atoms with Gasteiger partial charge < -0.3 is 0 Å². The highest BCUT2D eigenvalue weighted by atomic mass is 35.5. The SMILES string of the molecule is Fc1ccc(CN2CCCCC2CCl)c(F)c1. The first-order valence-electron chi connectivity index (χ1n) is 5.94. The third kappa shape index (κ3) is 3.17. The molecule has 0 aliphatic carbocycles. The van der Waals surface area contributed by atoms with Crippen LogP contribution in [0.3, 0.4) is 0 Å². The van der Waals surface area contributed by atoms with Gasteiger partial charge in [0, 0.05) is 30.1 Å². The molecule has 1 aromatic rings. The molecule has 0 amide bonds. The van der Waals surface area contributed by atoms with E-state index in [0.29, 0.717) is 24.0 Å². The summed E-state index contributed by atoms with van der Waals surface area (Å²) in [6.45, 7) is 1.46. The third-order valence-corrected chi connectivity index (χ3v) is 3.67. The van der Waals surface area contributed by atoms with E-state index in [1.54, 1.807) is 0 Å². The highest BCUT2D eigenvalue weighted by molar-refractivity contribution is 6.18. The van der Waals surface area contributed by atoms with Gasteiger partial charge in [0.1, 0.15) is 11.6 Å². The Balaban J connectivity index is 2.08. The number of likely N-dealkylation sites (tertiary alicyclic amines) is 1. The number of halogens is 3. The van der Waals surface area contributed by atoms with E-state index in [1.165, 1.54) is 18.6 Å². The summed E-state index contributed by atoms with van der Waals surface area (Å²) in [5.74, 6) is -0.425. The van der Waals surface area contributed by atoms with Crippen molar-refractivity contribution in [2.45, 2.75) is 31.8 Å². The van der Waals surface area contributed by atoms with Gasteiger partial charge in [-0.3, -0.25) is 4.90 Å². The van der Waals surface area contributed by atoms with Gasteiger partial charge in [0.05, 0.1) is 0 Å². The third-order valence-electron chi connectivity index (χ3n) is 3.32. The van der Waals surface area contributed by atoms with Crippen LogP contribution < -0.4 is 0 Å². The topological polar surface area (TPSA) is 3.24 Å². The van der Waals surface area contributed by atoms with Crippen LogP contribution in [-0.2, 0) is 6.54 Å². The standard InChI is InChI=1S/C13H16ClF2N/c14-8-12-3-1-2-6-17(12)9-10-4-5-11(15)7-13(10)16/h4-5,7,12H,1-3,6,8-9H2. The molecule has 0 bridgehead atoms. The molecule has 1 saturated heterocycles. The van der Waals surface area contributed by atoms with E-state index in [9.17, 15) is 8.78 Å². The molecule has 1 atom stereocenters. The first-order valence-corrected chi connectivity index (χ1v) is 6.48. The Labute approximate surface area is 105 Å². The van der Waals surface area contributed by atoms with Crippen molar-refractivity contribution in [1.29, 1.82) is 0 Å². The maximum absolute atomic E-state index is 13.5. The minimum atomic E-state index is -0.529. The Hall–Kier alpha value is -0.670. The molecule has 2 rings (SSSR count). The summed E-state index contributed by atoms with van der Waals surface area (Å²) in [7, 11) is 0. The molecule has 1 aliphatic rings. The fraction of sp³-hybridized carbons (Fsp3) is 0.538. The predicted molar refractivity (Wildman–Crippen MR) is 65.1 cm³/mol. The Kier molecular flexibility index (Phi) is 4.35. The van der Waals surface area contributed by atoms with Crippen LogP contribution in [0.25, 0.3) is 0 Å². The van der Waals surface area contributed by atoms with Crippen LogP contribution in [0.4, 0.5) is 8.78 Å². The number of hydrogen-bond acceptors (Lipinski definition) is 1. The van der Waals surface area contributed by atoms with Gasteiger partial charge in [0.2, 0.25) is 0 Å². The lowest BCUT2D eigenvalue weighted by Gasteiger charge is -2.34. The molecule has 1 nitrogen and oxygen atoms in total. The maximum atomic E-state index is 13.5. The fourth-order valence-electron chi connectivity index (χ4n) is 2.31. The largest absolute Gasteiger partial charge is 0.295 e. The summed E-state index contributed by atoms with van der Waals surface area (Å²) in [5.41, 5.74) is 0.545. The van der Waals surface area contributed by atoms with Gasteiger partial charge in [-0.05, 0) is 25.5 Å². The Bertz CT molecular complexity index is 384. The van der Waals surface area contributed by atoms with Crippen molar-refractivity contribution in [2.75, 3.05) is 12.4 Å². The zero-order chi connectivity index (χ0) is 12.3. The molecular weight excluding hydrogens is 244 g/mol. The normalized spacial score (nSPS) is 21.7. The second-order valence-electron chi connectivity index (χ2n) is 4.51. The molecule has 1 heterocycles. The zero-order valence-electron chi connectivity index (χ0n) is 9.63. The molecular formula is C13H16ClF2N. The van der Waals surface area contributed by atoms with Gasteiger partial charge in [0.15, 0.2) is 0 Å². The lowest BCUT2D eigenvalue weighted by atomic mass is 10.0. The summed E-state index contributed by atoms with van der Waals surface area (Å²) < 4.78 is 26.3. The smallest absolute Gasteiger partial charge is 0.130 e. The molecule has 1 unspecified atom stereocenters. The van der Waals surface area contributed by atoms with Crippen LogP contribution in [0.2, 0.25) is 0 Å². The Morgan fingerprint density at radius 2 is 2.12 bits per heavy atom. The molecule has 0 saturated carbocycles. The molecule has 1 fully saturated rings. The van der Waals surface area contributed by atoms with E-state index >= 15 is 0 Å². The number of piperidine rings is 1. The number of alkyl halides is 1. The van der Waals surface area contributed by atoms with Crippen LogP contribution in [-0.4, -0.2) is 23.4 Å². The average molecular weight is 260 g/mol. The van der Waals surface area contributed by atoms with Crippen molar-refractivity contribution >= 4 is 11.6 Å². The van der Waals surface area contributed by atoms with Gasteiger partial charge in [-0.1, -0.05) is 12.5 Å². The second kappa shape index (κ2) is 5.78. The second-order valence-corrected chi connectivity index (χ2v) is 4.82. The van der Waals surface area contributed by atoms with Crippen molar-refractivity contribution in [1.82, 2.24) is 4.90 Å². The first kappa shape index (κ1) is 12.8. The number of rotatable bonds is 3. The van der Waals surface area contributed by atoms with Gasteiger partial charge in [0.25, 0.3) is 0 Å². The predicted octanol–water partition coefficient (Wildman–Crippen LogP) is 3.56. The highest BCUT2D eigenvalue weighted by Crippen LogP contribution is 2.21. The minimum absolute atomic E-state index is 0.315. The van der Waals surface area contributed by atoms with Crippen molar-refractivity contribution in [3.05, 3.63) is 35.4 Å². The summed E-state index contributed by atoms with van der Waals surface area (Å²) in [6.07, 6.45) is 3.36. The van der Waals surface area contributed by atoms with Crippen LogP contribution in [0.1, 0.15) is 24.8 Å². The van der Waals surface area contributed by atoms with E-state index in [2.05, 4.69) is 4.90 Å². The lowest BCUT2D eigenvalue weighted by Crippen LogP contribution is -2.40. The summed E-state index contributed by atoms with van der Waals surface area (Å²) >= 11 is 5.91. The van der Waals surface area contributed by atoms with Crippen LogP contribution in [0.5, 0.6) is 0 Å². The van der Waals surface area contributed by atoms with Crippen molar-refractivity contribution in [3.8, 4) is 0 Å². The summed E-state index contributed by atoms with van der Waals surface area (Å²) in [4.78, 5) is 2.19. The number of hydrogen-bond donors (Lipinski definition) is 0. The van der Waals surface area contributed by atoms with E-state index in [-0.39, 0.29) is 0 Å². The fourth-order valence-corrected chi connectivity index (χ4v) is 2.66. The van der Waals surface area contributed by atoms with Crippen molar-refractivity contribution in [2.24, 2.45) is 0 Å². The van der Waals surface area contributed by atoms with Crippen LogP contribution >= 0.6 is 11.6 Å². The Morgan fingerprint density at radius 3 is 2.82 bits per heavy atom. The quantitative estimate of drug-likeness (QED) is 0.751. The molecule has 0 aromatic heterocycles. The van der Waals surface area contributed by atoms with E-state index in [0.717, 1.165) is 25.5 Å². The van der Waals surface area contributed by atoms with E-state index < -0.39 is 11.6 Å². The molecule has 4 heteroatoms. The van der Waals surface area contributed by atoms with Gasteiger partial charge >= 0.3 is 0 Å². The molecule has 17 heavy (non-hydrogen) atoms. The molecule has 0 N–H and O–H groups in total. The summed E-state index contributed by atoms with van der Waals surface area (Å²) in [6, 6.07) is 4.08. The number of benzene rings is 1. The Morgan fingerprint density at radius 1 is 1.29 bits per heavy atom. The van der Waals surface area contributed by atoms with Gasteiger partial charge in [-0.25, -0.2) is 8.78 Å². The summed E-state index contributed by atoms with van der Waals surface area (Å²) in [5, 5.41) is 0. The highest BCUT2D eigenvalue weighted by Gasteiger charge is 2.22. The monoisotopic (exact) mass is 259 g/mol. The molecule has 1 aromatic carbocycles. The molecule has 0 spiro atoms. The van der Waals surface area contributed by atoms with Gasteiger partial charge in [-0.15, -0.1) is 11.6 Å².